The van der Waals surface area contributed by atoms with Gasteiger partial charge in [0.25, 0.3) is 0 Å². The Labute approximate surface area is 115 Å². The fraction of sp³-hybridized carbons (Fsp3) is 0.438. The Hall–Kier alpha value is -1.61. The minimum absolute atomic E-state index is 0.0858. The van der Waals surface area contributed by atoms with Crippen molar-refractivity contribution in [2.24, 2.45) is 0 Å². The van der Waals surface area contributed by atoms with Gasteiger partial charge in [0.1, 0.15) is 0 Å². The smallest absolute Gasteiger partial charge is 0.307 e. The molecule has 0 aliphatic rings. The Balaban J connectivity index is 2.78. The van der Waals surface area contributed by atoms with Crippen LogP contribution in [0.4, 0.5) is 0 Å². The van der Waals surface area contributed by atoms with Gasteiger partial charge in [-0.2, -0.15) is 0 Å². The summed E-state index contributed by atoms with van der Waals surface area (Å²) < 4.78 is 4.77. The quantitative estimate of drug-likeness (QED) is 0.707. The van der Waals surface area contributed by atoms with E-state index in [0.717, 1.165) is 18.7 Å². The van der Waals surface area contributed by atoms with Gasteiger partial charge in [-0.3, -0.25) is 9.69 Å². The van der Waals surface area contributed by atoms with Crippen LogP contribution in [-0.4, -0.2) is 37.1 Å². The molecule has 104 valence electrons. The van der Waals surface area contributed by atoms with Crippen molar-refractivity contribution >= 4 is 12.0 Å². The lowest BCUT2D eigenvalue weighted by molar-refractivity contribution is -0.141. The largest absolute Gasteiger partial charge is 0.469 e. The van der Waals surface area contributed by atoms with Gasteiger partial charge in [-0.05, 0) is 18.7 Å². The molecule has 1 atom stereocenters. The van der Waals surface area contributed by atoms with Crippen LogP contribution in [0.2, 0.25) is 0 Å². The van der Waals surface area contributed by atoms with Crippen LogP contribution in [0, 0.1) is 0 Å². The summed E-state index contributed by atoms with van der Waals surface area (Å²) in [6, 6.07) is 10.2. The highest BCUT2D eigenvalue weighted by molar-refractivity contribution is 5.70. The Morgan fingerprint density at radius 2 is 1.89 bits per heavy atom. The fourth-order valence-corrected chi connectivity index (χ4v) is 2.05. The Morgan fingerprint density at radius 1 is 1.26 bits per heavy atom. The van der Waals surface area contributed by atoms with E-state index < -0.39 is 0 Å². The predicted molar refractivity (Wildman–Crippen MR) is 78.8 cm³/mol. The van der Waals surface area contributed by atoms with Crippen LogP contribution in [0.25, 0.3) is 6.08 Å². The minimum Gasteiger partial charge on any atom is -0.469 e. The SMILES string of the molecule is CCN(CC)C(/C=C/c1ccccc1)CC(=O)OC. The van der Waals surface area contributed by atoms with Crippen molar-refractivity contribution in [2.75, 3.05) is 20.2 Å². The first kappa shape index (κ1) is 15.4. The first-order valence-corrected chi connectivity index (χ1v) is 6.75. The van der Waals surface area contributed by atoms with E-state index >= 15 is 0 Å². The van der Waals surface area contributed by atoms with E-state index in [2.05, 4.69) is 30.9 Å². The number of hydrogen-bond donors (Lipinski definition) is 0. The van der Waals surface area contributed by atoms with Crippen molar-refractivity contribution in [1.82, 2.24) is 4.90 Å². The van der Waals surface area contributed by atoms with E-state index in [0.29, 0.717) is 6.42 Å². The molecule has 0 aliphatic carbocycles. The fourth-order valence-electron chi connectivity index (χ4n) is 2.05. The number of benzene rings is 1. The van der Waals surface area contributed by atoms with E-state index in [1.807, 2.05) is 30.3 Å². The number of carbonyl (C=O) groups is 1. The molecule has 0 amide bonds. The Morgan fingerprint density at radius 3 is 2.42 bits per heavy atom. The van der Waals surface area contributed by atoms with Gasteiger partial charge >= 0.3 is 5.97 Å². The summed E-state index contributed by atoms with van der Waals surface area (Å²) in [5.74, 6) is -0.172. The zero-order chi connectivity index (χ0) is 14.1. The second-order valence-corrected chi connectivity index (χ2v) is 4.34. The number of esters is 1. The van der Waals surface area contributed by atoms with Gasteiger partial charge in [0.15, 0.2) is 0 Å². The molecule has 19 heavy (non-hydrogen) atoms. The summed E-state index contributed by atoms with van der Waals surface area (Å²) in [5, 5.41) is 0. The number of methoxy groups -OCH3 is 1. The topological polar surface area (TPSA) is 29.5 Å². The highest BCUT2D eigenvalue weighted by Crippen LogP contribution is 2.10. The second-order valence-electron chi connectivity index (χ2n) is 4.34. The van der Waals surface area contributed by atoms with Crippen LogP contribution in [0.1, 0.15) is 25.8 Å². The summed E-state index contributed by atoms with van der Waals surface area (Å²) >= 11 is 0. The third-order valence-electron chi connectivity index (χ3n) is 3.20. The molecule has 1 aromatic carbocycles. The van der Waals surface area contributed by atoms with Gasteiger partial charge in [-0.15, -0.1) is 0 Å². The molecule has 0 saturated carbocycles. The van der Waals surface area contributed by atoms with Gasteiger partial charge in [0, 0.05) is 6.04 Å². The molecule has 1 aromatic rings. The van der Waals surface area contributed by atoms with Gasteiger partial charge in [-0.1, -0.05) is 56.3 Å². The van der Waals surface area contributed by atoms with Crippen LogP contribution in [0.15, 0.2) is 36.4 Å². The van der Waals surface area contributed by atoms with Crippen molar-refractivity contribution in [3.63, 3.8) is 0 Å². The van der Waals surface area contributed by atoms with Gasteiger partial charge < -0.3 is 4.74 Å². The van der Waals surface area contributed by atoms with Crippen LogP contribution in [-0.2, 0) is 9.53 Å². The van der Waals surface area contributed by atoms with Crippen molar-refractivity contribution < 1.29 is 9.53 Å². The molecular weight excluding hydrogens is 238 g/mol. The third kappa shape index (κ3) is 5.26. The molecular formula is C16H23NO2. The van der Waals surface area contributed by atoms with E-state index in [1.165, 1.54) is 7.11 Å². The minimum atomic E-state index is -0.172. The molecule has 3 nitrogen and oxygen atoms in total. The average molecular weight is 261 g/mol. The van der Waals surface area contributed by atoms with E-state index in [1.54, 1.807) is 0 Å². The van der Waals surface area contributed by atoms with Crippen molar-refractivity contribution in [1.29, 1.82) is 0 Å². The maximum Gasteiger partial charge on any atom is 0.307 e. The van der Waals surface area contributed by atoms with Gasteiger partial charge in [0.05, 0.1) is 13.5 Å². The second kappa shape index (κ2) is 8.48. The maximum atomic E-state index is 11.5. The standard InChI is InChI=1S/C16H23NO2/c1-4-17(5-2)15(13-16(18)19-3)12-11-14-9-7-6-8-10-14/h6-12,15H,4-5,13H2,1-3H3/b12-11+. The van der Waals surface area contributed by atoms with Crippen LogP contribution >= 0.6 is 0 Å². The highest BCUT2D eigenvalue weighted by atomic mass is 16.5. The van der Waals surface area contributed by atoms with Crippen molar-refractivity contribution in [3.8, 4) is 0 Å². The van der Waals surface area contributed by atoms with E-state index in [-0.39, 0.29) is 12.0 Å². The molecule has 0 spiro atoms. The highest BCUT2D eigenvalue weighted by Gasteiger charge is 2.16. The molecule has 0 aliphatic heterocycles. The van der Waals surface area contributed by atoms with Gasteiger partial charge in [-0.25, -0.2) is 0 Å². The first-order chi connectivity index (χ1) is 9.21. The maximum absolute atomic E-state index is 11.5. The summed E-state index contributed by atoms with van der Waals surface area (Å²) in [6.07, 6.45) is 4.53. The molecule has 0 bridgehead atoms. The lowest BCUT2D eigenvalue weighted by Gasteiger charge is -2.26. The molecule has 0 radical (unpaired) electrons. The molecule has 1 unspecified atom stereocenters. The summed E-state index contributed by atoms with van der Waals surface area (Å²) in [7, 11) is 1.43. The van der Waals surface area contributed by atoms with Crippen LogP contribution < -0.4 is 0 Å². The molecule has 3 heteroatoms. The zero-order valence-electron chi connectivity index (χ0n) is 12.0. The molecule has 0 saturated heterocycles. The summed E-state index contributed by atoms with van der Waals surface area (Å²) in [4.78, 5) is 13.7. The van der Waals surface area contributed by atoms with Crippen molar-refractivity contribution in [2.45, 2.75) is 26.3 Å². The Kier molecular flexibility index (Phi) is 6.90. The third-order valence-corrected chi connectivity index (χ3v) is 3.20. The lowest BCUT2D eigenvalue weighted by atomic mass is 10.1. The number of ether oxygens (including phenoxy) is 1. The number of carbonyl (C=O) groups excluding carboxylic acids is 1. The molecule has 0 heterocycles. The van der Waals surface area contributed by atoms with Crippen LogP contribution in [0.5, 0.6) is 0 Å². The summed E-state index contributed by atoms with van der Waals surface area (Å²) in [6.45, 7) is 6.03. The Bertz CT molecular complexity index is 396. The van der Waals surface area contributed by atoms with E-state index in [4.69, 9.17) is 4.74 Å². The lowest BCUT2D eigenvalue weighted by Crippen LogP contribution is -2.35. The zero-order valence-corrected chi connectivity index (χ0v) is 12.0. The monoisotopic (exact) mass is 261 g/mol. The van der Waals surface area contributed by atoms with Gasteiger partial charge in [0.2, 0.25) is 0 Å². The van der Waals surface area contributed by atoms with Crippen LogP contribution in [0.3, 0.4) is 0 Å². The number of nitrogens with zero attached hydrogens (tertiary/aromatic N) is 1. The first-order valence-electron chi connectivity index (χ1n) is 6.75. The van der Waals surface area contributed by atoms with Crippen molar-refractivity contribution in [3.05, 3.63) is 42.0 Å². The predicted octanol–water partition coefficient (Wildman–Crippen LogP) is 2.97. The molecule has 0 aromatic heterocycles. The average Bonchev–Trinajstić information content (AvgIpc) is 2.46. The van der Waals surface area contributed by atoms with E-state index in [9.17, 15) is 4.79 Å². The number of hydrogen-bond acceptors (Lipinski definition) is 3. The number of rotatable bonds is 7. The normalized spacial score (nSPS) is 12.8. The molecule has 0 N–H and O–H groups in total. The number of likely N-dealkylation sites (N-methyl/N-ethyl adjacent to an activating group) is 1. The molecule has 1 rings (SSSR count). The molecule has 0 fully saturated rings. The summed E-state index contributed by atoms with van der Waals surface area (Å²) in [5.41, 5.74) is 1.14.